The number of amides is 1. The molecule has 0 aromatic heterocycles. The zero-order valence-corrected chi connectivity index (χ0v) is 13.8. The number of para-hydroxylation sites is 1. The number of ether oxygens (including phenoxy) is 2. The van der Waals surface area contributed by atoms with Crippen molar-refractivity contribution in [2.24, 2.45) is 11.8 Å². The number of carbonyl (C=O) groups is 1. The van der Waals surface area contributed by atoms with Crippen molar-refractivity contribution in [3.8, 4) is 5.75 Å². The van der Waals surface area contributed by atoms with Crippen molar-refractivity contribution in [2.45, 2.75) is 26.3 Å². The maximum atomic E-state index is 11.6. The molecular weight excluding hydrogens is 294 g/mol. The Morgan fingerprint density at radius 2 is 2.04 bits per heavy atom. The van der Waals surface area contributed by atoms with Crippen LogP contribution in [-0.4, -0.2) is 43.7 Å². The summed E-state index contributed by atoms with van der Waals surface area (Å²) in [4.78, 5) is 13.9. The zero-order chi connectivity index (χ0) is 16.5. The van der Waals surface area contributed by atoms with Gasteiger partial charge < -0.3 is 9.47 Å². The van der Waals surface area contributed by atoms with E-state index in [2.05, 4.69) is 16.4 Å². The van der Waals surface area contributed by atoms with E-state index in [-0.39, 0.29) is 11.8 Å². The van der Waals surface area contributed by atoms with Crippen LogP contribution in [0.2, 0.25) is 0 Å². The van der Waals surface area contributed by atoms with Gasteiger partial charge in [0.05, 0.1) is 6.61 Å². The lowest BCUT2D eigenvalue weighted by Crippen LogP contribution is -2.42. The van der Waals surface area contributed by atoms with E-state index in [4.69, 9.17) is 15.3 Å². The Kier molecular flexibility index (Phi) is 7.32. The molecule has 0 radical (unpaired) electrons. The molecule has 1 aromatic carbocycles. The number of nitrogens with zero attached hydrogens (tertiary/aromatic N) is 1. The molecule has 0 saturated carbocycles. The zero-order valence-electron chi connectivity index (χ0n) is 13.8. The Balaban J connectivity index is 1.85. The molecule has 0 aliphatic carbocycles. The van der Waals surface area contributed by atoms with E-state index >= 15 is 0 Å². The van der Waals surface area contributed by atoms with Gasteiger partial charge in [-0.2, -0.15) is 0 Å². The Bertz CT molecular complexity index is 488. The Hall–Kier alpha value is -1.63. The summed E-state index contributed by atoms with van der Waals surface area (Å²) in [7, 11) is 0. The number of hydrazine groups is 1. The third-order valence-corrected chi connectivity index (χ3v) is 4.16. The minimum Gasteiger partial charge on any atom is -0.491 e. The van der Waals surface area contributed by atoms with Gasteiger partial charge in [0.1, 0.15) is 12.4 Å². The average Bonchev–Trinajstić information content (AvgIpc) is 2.60. The number of benzene rings is 1. The van der Waals surface area contributed by atoms with Crippen LogP contribution in [0.3, 0.4) is 0 Å². The van der Waals surface area contributed by atoms with Crippen molar-refractivity contribution >= 4 is 5.91 Å². The molecule has 0 spiro atoms. The molecule has 1 heterocycles. The van der Waals surface area contributed by atoms with Crippen molar-refractivity contribution < 1.29 is 14.3 Å². The van der Waals surface area contributed by atoms with E-state index in [9.17, 15) is 4.79 Å². The van der Waals surface area contributed by atoms with Gasteiger partial charge in [-0.1, -0.05) is 18.2 Å². The SMILES string of the molecule is CCOCCOc1ccccc1CN1CCC(C(=O)NN)CC1. The summed E-state index contributed by atoms with van der Waals surface area (Å²) in [5.74, 6) is 6.10. The summed E-state index contributed by atoms with van der Waals surface area (Å²) in [6, 6.07) is 8.10. The van der Waals surface area contributed by atoms with Gasteiger partial charge >= 0.3 is 0 Å². The first-order valence-electron chi connectivity index (χ1n) is 8.25. The number of nitrogens with two attached hydrogens (primary N) is 1. The van der Waals surface area contributed by atoms with E-state index in [0.29, 0.717) is 19.8 Å². The van der Waals surface area contributed by atoms with Gasteiger partial charge in [0, 0.05) is 24.6 Å². The first kappa shape index (κ1) is 17.7. The van der Waals surface area contributed by atoms with Gasteiger partial charge in [-0.15, -0.1) is 0 Å². The molecular formula is C17H27N3O3. The van der Waals surface area contributed by atoms with Gasteiger partial charge in [-0.3, -0.25) is 15.1 Å². The van der Waals surface area contributed by atoms with Crippen molar-refractivity contribution in [1.29, 1.82) is 0 Å². The molecule has 1 saturated heterocycles. The predicted octanol–water partition coefficient (Wildman–Crippen LogP) is 1.30. The van der Waals surface area contributed by atoms with Crippen LogP contribution in [0.1, 0.15) is 25.3 Å². The van der Waals surface area contributed by atoms with Gasteiger partial charge in [0.25, 0.3) is 0 Å². The highest BCUT2D eigenvalue weighted by Gasteiger charge is 2.24. The second-order valence-corrected chi connectivity index (χ2v) is 5.71. The highest BCUT2D eigenvalue weighted by molar-refractivity contribution is 5.78. The van der Waals surface area contributed by atoms with Crippen LogP contribution in [0, 0.1) is 5.92 Å². The summed E-state index contributed by atoms with van der Waals surface area (Å²) in [6.07, 6.45) is 1.69. The minimum absolute atomic E-state index is 0.0361. The number of hydrogen-bond donors (Lipinski definition) is 2. The molecule has 0 unspecified atom stereocenters. The molecule has 1 fully saturated rings. The molecule has 1 aromatic rings. The standard InChI is InChI=1S/C17H27N3O3/c1-2-22-11-12-23-16-6-4-3-5-15(16)13-20-9-7-14(8-10-20)17(21)19-18/h3-6,14H,2,7-13,18H2,1H3,(H,19,21). The summed E-state index contributed by atoms with van der Waals surface area (Å²) >= 11 is 0. The molecule has 23 heavy (non-hydrogen) atoms. The van der Waals surface area contributed by atoms with E-state index in [1.165, 1.54) is 5.56 Å². The number of likely N-dealkylation sites (tertiary alicyclic amines) is 1. The maximum Gasteiger partial charge on any atom is 0.237 e. The molecule has 2 rings (SSSR count). The highest BCUT2D eigenvalue weighted by Crippen LogP contribution is 2.23. The fourth-order valence-electron chi connectivity index (χ4n) is 2.84. The van der Waals surface area contributed by atoms with Crippen molar-refractivity contribution in [3.05, 3.63) is 29.8 Å². The molecule has 3 N–H and O–H groups in total. The fraction of sp³-hybridized carbons (Fsp3) is 0.588. The molecule has 1 amide bonds. The summed E-state index contributed by atoms with van der Waals surface area (Å²) < 4.78 is 11.1. The van der Waals surface area contributed by atoms with Crippen molar-refractivity contribution in [2.75, 3.05) is 32.9 Å². The predicted molar refractivity (Wildman–Crippen MR) is 88.8 cm³/mol. The van der Waals surface area contributed by atoms with Gasteiger partial charge in [-0.25, -0.2) is 5.84 Å². The minimum atomic E-state index is -0.0516. The van der Waals surface area contributed by atoms with Crippen molar-refractivity contribution in [3.63, 3.8) is 0 Å². The van der Waals surface area contributed by atoms with Gasteiger partial charge in [0.2, 0.25) is 5.91 Å². The molecule has 1 aliphatic rings. The van der Waals surface area contributed by atoms with Crippen LogP contribution < -0.4 is 16.0 Å². The lowest BCUT2D eigenvalue weighted by molar-refractivity contribution is -0.126. The van der Waals surface area contributed by atoms with Gasteiger partial charge in [-0.05, 0) is 38.9 Å². The van der Waals surface area contributed by atoms with Crippen LogP contribution in [0.4, 0.5) is 0 Å². The lowest BCUT2D eigenvalue weighted by Gasteiger charge is -2.31. The summed E-state index contributed by atoms with van der Waals surface area (Å²) in [6.45, 7) is 6.46. The maximum absolute atomic E-state index is 11.6. The second-order valence-electron chi connectivity index (χ2n) is 5.71. The smallest absolute Gasteiger partial charge is 0.237 e. The summed E-state index contributed by atoms with van der Waals surface area (Å²) in [5.41, 5.74) is 3.42. The Labute approximate surface area is 137 Å². The van der Waals surface area contributed by atoms with Crippen LogP contribution in [-0.2, 0) is 16.1 Å². The number of nitrogens with one attached hydrogen (secondary N) is 1. The molecule has 1 aliphatic heterocycles. The molecule has 128 valence electrons. The molecule has 6 heteroatoms. The van der Waals surface area contributed by atoms with Crippen LogP contribution in [0.15, 0.2) is 24.3 Å². The normalized spacial score (nSPS) is 16.3. The first-order chi connectivity index (χ1) is 11.2. The summed E-state index contributed by atoms with van der Waals surface area (Å²) in [5, 5.41) is 0. The van der Waals surface area contributed by atoms with Crippen LogP contribution in [0.5, 0.6) is 5.75 Å². The topological polar surface area (TPSA) is 76.8 Å². The van der Waals surface area contributed by atoms with Crippen LogP contribution in [0.25, 0.3) is 0 Å². The quantitative estimate of drug-likeness (QED) is 0.327. The van der Waals surface area contributed by atoms with E-state index < -0.39 is 0 Å². The number of rotatable bonds is 8. The molecule has 0 atom stereocenters. The van der Waals surface area contributed by atoms with Crippen LogP contribution >= 0.6 is 0 Å². The van der Waals surface area contributed by atoms with Crippen molar-refractivity contribution in [1.82, 2.24) is 10.3 Å². The first-order valence-corrected chi connectivity index (χ1v) is 8.25. The number of piperidine rings is 1. The lowest BCUT2D eigenvalue weighted by atomic mass is 9.96. The monoisotopic (exact) mass is 321 g/mol. The number of hydrogen-bond acceptors (Lipinski definition) is 5. The average molecular weight is 321 g/mol. The highest BCUT2D eigenvalue weighted by atomic mass is 16.5. The fourth-order valence-corrected chi connectivity index (χ4v) is 2.84. The third-order valence-electron chi connectivity index (χ3n) is 4.16. The number of carbonyl (C=O) groups excluding carboxylic acids is 1. The van der Waals surface area contributed by atoms with E-state index in [1.54, 1.807) is 0 Å². The van der Waals surface area contributed by atoms with Gasteiger partial charge in [0.15, 0.2) is 0 Å². The third kappa shape index (κ3) is 5.49. The molecule has 0 bridgehead atoms. The Morgan fingerprint density at radius 1 is 1.30 bits per heavy atom. The second kappa shape index (κ2) is 9.50. The largest absolute Gasteiger partial charge is 0.491 e. The van der Waals surface area contributed by atoms with E-state index in [0.717, 1.165) is 38.2 Å². The molecule has 6 nitrogen and oxygen atoms in total. The Morgan fingerprint density at radius 3 is 2.74 bits per heavy atom. The van der Waals surface area contributed by atoms with E-state index in [1.807, 2.05) is 25.1 Å².